The van der Waals surface area contributed by atoms with Crippen molar-refractivity contribution in [1.82, 2.24) is 10.2 Å². The summed E-state index contributed by atoms with van der Waals surface area (Å²) in [5, 5.41) is 8.25. The molecule has 26 heavy (non-hydrogen) atoms. The lowest BCUT2D eigenvalue weighted by Gasteiger charge is -2.13. The zero-order valence-corrected chi connectivity index (χ0v) is 14.4. The summed E-state index contributed by atoms with van der Waals surface area (Å²) in [6, 6.07) is 8.96. The van der Waals surface area contributed by atoms with Gasteiger partial charge in [0.15, 0.2) is 23.0 Å². The van der Waals surface area contributed by atoms with Crippen molar-refractivity contribution < 1.29 is 28.1 Å². The Balaban J connectivity index is 1.75. The predicted octanol–water partition coefficient (Wildman–Crippen LogP) is 3.16. The van der Waals surface area contributed by atoms with Gasteiger partial charge in [0.2, 0.25) is 18.4 Å². The molecular formula is C18H16N2O6. The molecule has 0 aliphatic carbocycles. The zero-order chi connectivity index (χ0) is 18.1. The third kappa shape index (κ3) is 2.55. The second-order valence-corrected chi connectivity index (χ2v) is 5.36. The minimum absolute atomic E-state index is 0.205. The first kappa shape index (κ1) is 16.1. The molecule has 3 aromatic rings. The summed E-state index contributed by atoms with van der Waals surface area (Å²) in [4.78, 5) is 0. The number of fused-ring (bicyclic) bond motifs is 1. The van der Waals surface area contributed by atoms with Crippen LogP contribution in [0.5, 0.6) is 28.7 Å². The fourth-order valence-corrected chi connectivity index (χ4v) is 2.75. The van der Waals surface area contributed by atoms with Gasteiger partial charge >= 0.3 is 0 Å². The van der Waals surface area contributed by atoms with Crippen LogP contribution in [-0.4, -0.2) is 38.3 Å². The fraction of sp³-hybridized carbons (Fsp3) is 0.222. The van der Waals surface area contributed by atoms with E-state index in [-0.39, 0.29) is 6.79 Å². The fourth-order valence-electron chi connectivity index (χ4n) is 2.75. The Bertz CT molecular complexity index is 953. The normalized spacial score (nSPS) is 12.1. The highest BCUT2D eigenvalue weighted by molar-refractivity contribution is 5.72. The number of nitrogens with zero attached hydrogens (tertiary/aromatic N) is 2. The minimum Gasteiger partial charge on any atom is -0.493 e. The number of hydrogen-bond acceptors (Lipinski definition) is 8. The van der Waals surface area contributed by atoms with E-state index < -0.39 is 0 Å². The van der Waals surface area contributed by atoms with E-state index in [0.29, 0.717) is 46.1 Å². The van der Waals surface area contributed by atoms with E-state index in [0.717, 1.165) is 5.56 Å². The molecule has 1 aromatic heterocycles. The van der Waals surface area contributed by atoms with Gasteiger partial charge in [0.05, 0.1) is 26.9 Å². The van der Waals surface area contributed by atoms with Crippen LogP contribution in [0, 0.1) is 0 Å². The first-order valence-corrected chi connectivity index (χ1v) is 7.78. The molecule has 1 aliphatic rings. The molecule has 1 aliphatic heterocycles. The van der Waals surface area contributed by atoms with Gasteiger partial charge in [-0.3, -0.25) is 0 Å². The van der Waals surface area contributed by atoms with Crippen molar-refractivity contribution in [3.05, 3.63) is 30.3 Å². The third-order valence-electron chi connectivity index (χ3n) is 3.98. The first-order chi connectivity index (χ1) is 12.7. The predicted molar refractivity (Wildman–Crippen MR) is 90.9 cm³/mol. The Morgan fingerprint density at radius 2 is 1.58 bits per heavy atom. The van der Waals surface area contributed by atoms with Crippen LogP contribution in [0.25, 0.3) is 22.9 Å². The summed E-state index contributed by atoms with van der Waals surface area (Å²) in [5.74, 6) is 3.44. The standard InChI is InChI=1S/C18H16N2O6/c1-21-13-7-5-11(15(22-2)16(13)23-3)18-20-19-17(26-18)10-4-6-12-14(8-10)25-9-24-12/h4-8H,9H2,1-3H3. The molecule has 134 valence electrons. The Morgan fingerprint density at radius 3 is 2.35 bits per heavy atom. The maximum Gasteiger partial charge on any atom is 0.252 e. The topological polar surface area (TPSA) is 85.1 Å². The molecule has 0 saturated carbocycles. The average Bonchev–Trinajstić information content (AvgIpc) is 3.35. The molecular weight excluding hydrogens is 340 g/mol. The van der Waals surface area contributed by atoms with Gasteiger partial charge in [-0.05, 0) is 30.3 Å². The molecule has 0 unspecified atom stereocenters. The van der Waals surface area contributed by atoms with Crippen LogP contribution in [-0.2, 0) is 0 Å². The third-order valence-corrected chi connectivity index (χ3v) is 3.98. The van der Waals surface area contributed by atoms with Crippen LogP contribution in [0.1, 0.15) is 0 Å². The maximum atomic E-state index is 5.84. The van der Waals surface area contributed by atoms with Gasteiger partial charge in [-0.25, -0.2) is 0 Å². The van der Waals surface area contributed by atoms with Crippen LogP contribution in [0.3, 0.4) is 0 Å². The molecule has 8 heteroatoms. The van der Waals surface area contributed by atoms with E-state index in [1.54, 1.807) is 31.4 Å². The largest absolute Gasteiger partial charge is 0.493 e. The summed E-state index contributed by atoms with van der Waals surface area (Å²) in [7, 11) is 4.63. The Labute approximate surface area is 149 Å². The molecule has 2 heterocycles. The number of rotatable bonds is 5. The highest BCUT2D eigenvalue weighted by Gasteiger charge is 2.22. The number of hydrogen-bond donors (Lipinski definition) is 0. The molecule has 0 spiro atoms. The van der Waals surface area contributed by atoms with E-state index in [2.05, 4.69) is 10.2 Å². The summed E-state index contributed by atoms with van der Waals surface area (Å²) < 4.78 is 32.7. The quantitative estimate of drug-likeness (QED) is 0.689. The van der Waals surface area contributed by atoms with Crippen molar-refractivity contribution in [2.75, 3.05) is 28.1 Å². The molecule has 8 nitrogen and oxygen atoms in total. The molecule has 0 radical (unpaired) electrons. The Morgan fingerprint density at radius 1 is 0.808 bits per heavy atom. The van der Waals surface area contributed by atoms with Gasteiger partial charge in [0.1, 0.15) is 0 Å². The molecule has 0 amide bonds. The van der Waals surface area contributed by atoms with Gasteiger partial charge < -0.3 is 28.1 Å². The lowest BCUT2D eigenvalue weighted by molar-refractivity contribution is 0.174. The molecule has 4 rings (SSSR count). The Hall–Kier alpha value is -3.42. The van der Waals surface area contributed by atoms with Crippen LogP contribution in [0.2, 0.25) is 0 Å². The summed E-state index contributed by atoms with van der Waals surface area (Å²) >= 11 is 0. The van der Waals surface area contributed by atoms with E-state index in [1.165, 1.54) is 14.2 Å². The highest BCUT2D eigenvalue weighted by atomic mass is 16.7. The number of methoxy groups -OCH3 is 3. The molecule has 0 N–H and O–H groups in total. The molecule has 0 saturated heterocycles. The first-order valence-electron chi connectivity index (χ1n) is 7.78. The highest BCUT2D eigenvalue weighted by Crippen LogP contribution is 2.44. The van der Waals surface area contributed by atoms with Crippen LogP contribution >= 0.6 is 0 Å². The monoisotopic (exact) mass is 356 g/mol. The second-order valence-electron chi connectivity index (χ2n) is 5.36. The molecule has 2 aromatic carbocycles. The van der Waals surface area contributed by atoms with Gasteiger partial charge in [-0.1, -0.05) is 0 Å². The van der Waals surface area contributed by atoms with Crippen molar-refractivity contribution in [3.8, 4) is 51.7 Å². The number of benzene rings is 2. The van der Waals surface area contributed by atoms with Gasteiger partial charge in [0, 0.05) is 5.56 Å². The lowest BCUT2D eigenvalue weighted by atomic mass is 10.1. The summed E-state index contributed by atoms with van der Waals surface area (Å²) in [6.07, 6.45) is 0. The van der Waals surface area contributed by atoms with Gasteiger partial charge in [0.25, 0.3) is 5.89 Å². The van der Waals surface area contributed by atoms with Crippen molar-refractivity contribution in [3.63, 3.8) is 0 Å². The smallest absolute Gasteiger partial charge is 0.252 e. The van der Waals surface area contributed by atoms with Gasteiger partial charge in [-0.15, -0.1) is 10.2 Å². The number of aromatic nitrogens is 2. The Kier molecular flexibility index (Phi) is 4.00. The van der Waals surface area contributed by atoms with Crippen molar-refractivity contribution in [2.45, 2.75) is 0 Å². The van der Waals surface area contributed by atoms with Crippen molar-refractivity contribution in [2.24, 2.45) is 0 Å². The SMILES string of the molecule is COc1ccc(-c2nnc(-c3ccc4c(c3)OCO4)o2)c(OC)c1OC. The average molecular weight is 356 g/mol. The summed E-state index contributed by atoms with van der Waals surface area (Å²) in [6.45, 7) is 0.205. The van der Waals surface area contributed by atoms with Crippen molar-refractivity contribution >= 4 is 0 Å². The maximum absolute atomic E-state index is 5.84. The van der Waals surface area contributed by atoms with Crippen LogP contribution in [0.4, 0.5) is 0 Å². The van der Waals surface area contributed by atoms with E-state index in [1.807, 2.05) is 6.07 Å². The van der Waals surface area contributed by atoms with Crippen LogP contribution < -0.4 is 23.7 Å². The molecule has 0 bridgehead atoms. The van der Waals surface area contributed by atoms with Crippen LogP contribution in [0.15, 0.2) is 34.7 Å². The molecule has 0 atom stereocenters. The minimum atomic E-state index is 0.205. The molecule has 0 fully saturated rings. The lowest BCUT2D eigenvalue weighted by Crippen LogP contribution is -1.97. The van der Waals surface area contributed by atoms with Crippen molar-refractivity contribution in [1.29, 1.82) is 0 Å². The summed E-state index contributed by atoms with van der Waals surface area (Å²) in [5.41, 5.74) is 1.33. The van der Waals surface area contributed by atoms with E-state index >= 15 is 0 Å². The zero-order valence-electron chi connectivity index (χ0n) is 14.4. The number of ether oxygens (including phenoxy) is 5. The van der Waals surface area contributed by atoms with E-state index in [9.17, 15) is 0 Å². The van der Waals surface area contributed by atoms with E-state index in [4.69, 9.17) is 28.1 Å². The van der Waals surface area contributed by atoms with Gasteiger partial charge in [-0.2, -0.15) is 0 Å². The second kappa shape index (κ2) is 6.47.